The molecule has 1 aliphatic rings. The molecule has 0 spiro atoms. The van der Waals surface area contributed by atoms with Gasteiger partial charge < -0.3 is 14.8 Å². The van der Waals surface area contributed by atoms with Crippen molar-refractivity contribution in [3.63, 3.8) is 0 Å². The summed E-state index contributed by atoms with van der Waals surface area (Å²) in [4.78, 5) is 12.8. The van der Waals surface area contributed by atoms with Gasteiger partial charge in [0.15, 0.2) is 11.5 Å². The average Bonchev–Trinajstić information content (AvgIpc) is 2.78. The fourth-order valence-electron chi connectivity index (χ4n) is 3.65. The van der Waals surface area contributed by atoms with Gasteiger partial charge in [0, 0.05) is 30.1 Å². The van der Waals surface area contributed by atoms with E-state index in [4.69, 9.17) is 21.1 Å². The first-order valence-corrected chi connectivity index (χ1v) is 11.9. The molecule has 7 nitrogen and oxygen atoms in total. The molecule has 2 aromatic carbocycles. The molecule has 2 aromatic rings. The first kappa shape index (κ1) is 23.4. The minimum atomic E-state index is -3.69. The van der Waals surface area contributed by atoms with E-state index >= 15 is 0 Å². The van der Waals surface area contributed by atoms with E-state index in [0.717, 1.165) is 5.56 Å². The average molecular weight is 467 g/mol. The Kier molecular flexibility index (Phi) is 7.46. The van der Waals surface area contributed by atoms with Crippen molar-refractivity contribution in [2.75, 3.05) is 27.3 Å². The van der Waals surface area contributed by atoms with Crippen molar-refractivity contribution >= 4 is 27.5 Å². The fraction of sp³-hybridized carbons (Fsp3) is 0.409. The number of methoxy groups -OCH3 is 2. The third-order valence-corrected chi connectivity index (χ3v) is 7.69. The van der Waals surface area contributed by atoms with Gasteiger partial charge >= 0.3 is 0 Å². The van der Waals surface area contributed by atoms with Gasteiger partial charge in [-0.3, -0.25) is 4.79 Å². The van der Waals surface area contributed by atoms with E-state index in [1.807, 2.05) is 19.1 Å². The lowest BCUT2D eigenvalue weighted by Crippen LogP contribution is -2.43. The van der Waals surface area contributed by atoms with Gasteiger partial charge in [-0.1, -0.05) is 23.7 Å². The van der Waals surface area contributed by atoms with Crippen LogP contribution in [0, 0.1) is 5.92 Å². The van der Waals surface area contributed by atoms with Crippen molar-refractivity contribution < 1.29 is 22.7 Å². The number of benzene rings is 2. The summed E-state index contributed by atoms with van der Waals surface area (Å²) >= 11 is 5.92. The molecule has 1 fully saturated rings. The van der Waals surface area contributed by atoms with E-state index in [9.17, 15) is 13.2 Å². The molecule has 1 heterocycles. The summed E-state index contributed by atoms with van der Waals surface area (Å²) in [6.07, 6.45) is 0.928. The fourth-order valence-corrected chi connectivity index (χ4v) is 5.26. The second-order valence-corrected chi connectivity index (χ2v) is 9.85. The van der Waals surface area contributed by atoms with Crippen molar-refractivity contribution in [1.29, 1.82) is 0 Å². The first-order chi connectivity index (χ1) is 14.8. The first-order valence-electron chi connectivity index (χ1n) is 10.0. The van der Waals surface area contributed by atoms with E-state index < -0.39 is 10.0 Å². The van der Waals surface area contributed by atoms with Gasteiger partial charge in [-0.15, -0.1) is 0 Å². The summed E-state index contributed by atoms with van der Waals surface area (Å²) in [5.74, 6) is 0.526. The van der Waals surface area contributed by atoms with E-state index in [1.54, 1.807) is 18.2 Å². The molecule has 1 N–H and O–H groups in total. The molecular weight excluding hydrogens is 440 g/mol. The van der Waals surface area contributed by atoms with Crippen LogP contribution in [-0.2, 0) is 14.8 Å². The number of hydrogen-bond donors (Lipinski definition) is 1. The number of ether oxygens (including phenoxy) is 2. The largest absolute Gasteiger partial charge is 0.493 e. The number of halogens is 1. The molecule has 0 unspecified atom stereocenters. The van der Waals surface area contributed by atoms with Crippen molar-refractivity contribution in [2.24, 2.45) is 5.92 Å². The van der Waals surface area contributed by atoms with Crippen molar-refractivity contribution in [2.45, 2.75) is 30.7 Å². The minimum absolute atomic E-state index is 0.0642. The Bertz CT molecular complexity index is 1020. The summed E-state index contributed by atoms with van der Waals surface area (Å²) < 4.78 is 37.9. The van der Waals surface area contributed by atoms with Crippen LogP contribution in [0.15, 0.2) is 47.4 Å². The van der Waals surface area contributed by atoms with Crippen LogP contribution < -0.4 is 14.8 Å². The van der Waals surface area contributed by atoms with Crippen LogP contribution in [0.25, 0.3) is 0 Å². The Morgan fingerprint density at radius 2 is 1.68 bits per heavy atom. The number of amides is 1. The molecule has 3 rings (SSSR count). The van der Waals surface area contributed by atoms with Crippen LogP contribution in [-0.4, -0.2) is 45.9 Å². The molecule has 9 heteroatoms. The summed E-state index contributed by atoms with van der Waals surface area (Å²) in [5.41, 5.74) is 0.964. The molecule has 0 aliphatic carbocycles. The number of nitrogens with one attached hydrogen (secondary N) is 1. The molecule has 0 radical (unpaired) electrons. The van der Waals surface area contributed by atoms with Crippen LogP contribution in [0.2, 0.25) is 5.02 Å². The highest BCUT2D eigenvalue weighted by Crippen LogP contribution is 2.32. The van der Waals surface area contributed by atoms with E-state index in [1.165, 1.54) is 30.7 Å². The van der Waals surface area contributed by atoms with Gasteiger partial charge in [-0.25, -0.2) is 8.42 Å². The standard InChI is InChI=1S/C22H27ClN2O5S/c1-15(16-4-6-18(23)7-5-16)24-22(26)17-10-12-25(13-11-17)31(27,28)19-8-9-20(29-2)21(14-19)30-3/h4-9,14-15,17H,10-13H2,1-3H3,(H,24,26)/t15-/m1/s1. The molecule has 0 bridgehead atoms. The Morgan fingerprint density at radius 1 is 1.06 bits per heavy atom. The molecule has 1 saturated heterocycles. The number of rotatable bonds is 7. The van der Waals surface area contributed by atoms with E-state index in [-0.39, 0.29) is 35.9 Å². The van der Waals surface area contributed by atoms with E-state index in [0.29, 0.717) is 29.4 Å². The summed E-state index contributed by atoms with van der Waals surface area (Å²) in [6, 6.07) is 11.7. The minimum Gasteiger partial charge on any atom is -0.493 e. The summed E-state index contributed by atoms with van der Waals surface area (Å²) in [6.45, 7) is 2.48. The maximum Gasteiger partial charge on any atom is 0.243 e. The smallest absolute Gasteiger partial charge is 0.243 e. The number of hydrogen-bond acceptors (Lipinski definition) is 5. The maximum absolute atomic E-state index is 13.0. The maximum atomic E-state index is 13.0. The van der Waals surface area contributed by atoms with Crippen LogP contribution in [0.3, 0.4) is 0 Å². The third kappa shape index (κ3) is 5.31. The number of carbonyl (C=O) groups is 1. The number of nitrogens with zero attached hydrogens (tertiary/aromatic N) is 1. The topological polar surface area (TPSA) is 84.9 Å². The quantitative estimate of drug-likeness (QED) is 0.673. The van der Waals surface area contributed by atoms with Gasteiger partial charge in [-0.2, -0.15) is 4.31 Å². The SMILES string of the molecule is COc1ccc(S(=O)(=O)N2CCC(C(=O)N[C@H](C)c3ccc(Cl)cc3)CC2)cc1OC. The van der Waals surface area contributed by atoms with Gasteiger partial charge in [0.1, 0.15) is 0 Å². The predicted molar refractivity (Wildman–Crippen MR) is 119 cm³/mol. The number of carbonyl (C=O) groups excluding carboxylic acids is 1. The zero-order chi connectivity index (χ0) is 22.6. The monoisotopic (exact) mass is 466 g/mol. The van der Waals surface area contributed by atoms with Crippen LogP contribution in [0.1, 0.15) is 31.4 Å². The molecule has 0 saturated carbocycles. The Morgan fingerprint density at radius 3 is 2.26 bits per heavy atom. The molecule has 1 amide bonds. The van der Waals surface area contributed by atoms with Crippen molar-refractivity contribution in [1.82, 2.24) is 9.62 Å². The molecule has 168 valence electrons. The van der Waals surface area contributed by atoms with Gasteiger partial charge in [0.05, 0.1) is 25.2 Å². The Balaban J connectivity index is 1.61. The molecule has 1 atom stereocenters. The number of piperidine rings is 1. The van der Waals surface area contributed by atoms with Gasteiger partial charge in [-0.05, 0) is 49.6 Å². The van der Waals surface area contributed by atoms with Crippen LogP contribution in [0.4, 0.5) is 0 Å². The van der Waals surface area contributed by atoms with Crippen molar-refractivity contribution in [3.05, 3.63) is 53.1 Å². The highest BCUT2D eigenvalue weighted by Gasteiger charge is 2.33. The molecule has 31 heavy (non-hydrogen) atoms. The van der Waals surface area contributed by atoms with Crippen molar-refractivity contribution in [3.8, 4) is 11.5 Å². The lowest BCUT2D eigenvalue weighted by Gasteiger charge is -2.31. The lowest BCUT2D eigenvalue weighted by molar-refractivity contribution is -0.126. The zero-order valence-corrected chi connectivity index (χ0v) is 19.4. The second-order valence-electron chi connectivity index (χ2n) is 7.48. The summed E-state index contributed by atoms with van der Waals surface area (Å²) in [5, 5.41) is 3.66. The lowest BCUT2D eigenvalue weighted by atomic mass is 9.96. The second kappa shape index (κ2) is 9.89. The molecular formula is C22H27ClN2O5S. The number of sulfonamides is 1. The zero-order valence-electron chi connectivity index (χ0n) is 17.8. The highest BCUT2D eigenvalue weighted by molar-refractivity contribution is 7.89. The molecule has 0 aromatic heterocycles. The van der Waals surface area contributed by atoms with Gasteiger partial charge in [0.2, 0.25) is 15.9 Å². The Hall–Kier alpha value is -2.29. The van der Waals surface area contributed by atoms with Crippen LogP contribution >= 0.6 is 11.6 Å². The normalized spacial score (nSPS) is 16.5. The third-order valence-electron chi connectivity index (χ3n) is 5.55. The van der Waals surface area contributed by atoms with Gasteiger partial charge in [0.25, 0.3) is 0 Å². The Labute approximate surface area is 188 Å². The van der Waals surface area contributed by atoms with E-state index in [2.05, 4.69) is 5.32 Å². The summed E-state index contributed by atoms with van der Waals surface area (Å²) in [7, 11) is -0.728. The molecule has 1 aliphatic heterocycles. The highest BCUT2D eigenvalue weighted by atomic mass is 35.5. The predicted octanol–water partition coefficient (Wildman–Crippen LogP) is 3.64. The van der Waals surface area contributed by atoms with Crippen LogP contribution in [0.5, 0.6) is 11.5 Å².